The fraction of sp³-hybridized carbons (Fsp3) is 0.222. The van der Waals surface area contributed by atoms with Crippen LogP contribution in [0.5, 0.6) is 0 Å². The molecule has 2 atom stereocenters. The number of hydrogen-bond acceptors (Lipinski definition) is 8. The molecule has 0 saturated carbocycles. The van der Waals surface area contributed by atoms with Crippen molar-refractivity contribution in [2.24, 2.45) is 16.5 Å². The summed E-state index contributed by atoms with van der Waals surface area (Å²) in [6.45, 7) is 1.79. The minimum Gasteiger partial charge on any atom is -0.384 e. The Morgan fingerprint density at radius 1 is 1.14 bits per heavy atom. The zero-order chi connectivity index (χ0) is 20.8. The second kappa shape index (κ2) is 6.55. The Hall–Kier alpha value is -3.47. The highest BCUT2D eigenvalue weighted by molar-refractivity contribution is 5.93. The van der Waals surface area contributed by atoms with Crippen molar-refractivity contribution in [3.8, 4) is 11.4 Å². The van der Waals surface area contributed by atoms with Gasteiger partial charge in [0.2, 0.25) is 0 Å². The summed E-state index contributed by atoms with van der Waals surface area (Å²) in [6.07, 6.45) is 1.11. The molecule has 4 rings (SSSR count). The lowest BCUT2D eigenvalue weighted by Gasteiger charge is -2.38. The summed E-state index contributed by atoms with van der Waals surface area (Å²) in [7, 11) is 0. The van der Waals surface area contributed by atoms with Crippen LogP contribution in [0.4, 0.5) is 13.2 Å². The molecule has 148 valence electrons. The van der Waals surface area contributed by atoms with Crippen molar-refractivity contribution >= 4 is 17.0 Å². The zero-order valence-electron chi connectivity index (χ0n) is 15.1. The highest BCUT2D eigenvalue weighted by Crippen LogP contribution is 2.47. The van der Waals surface area contributed by atoms with Gasteiger partial charge in [-0.1, -0.05) is 6.08 Å². The smallest absolute Gasteiger partial charge is 0.384 e. The second-order valence-electron chi connectivity index (χ2n) is 6.54. The Balaban J connectivity index is 1.95. The van der Waals surface area contributed by atoms with E-state index in [-0.39, 0.29) is 22.6 Å². The van der Waals surface area contributed by atoms with Crippen molar-refractivity contribution in [1.29, 1.82) is 0 Å². The predicted octanol–water partition coefficient (Wildman–Crippen LogP) is 1.80. The first-order chi connectivity index (χ1) is 13.7. The van der Waals surface area contributed by atoms with Gasteiger partial charge in [0.1, 0.15) is 35.0 Å². The number of pyridine rings is 1. The van der Waals surface area contributed by atoms with Gasteiger partial charge in [0.25, 0.3) is 0 Å². The molecular formula is C18H15F3N8. The molecule has 11 heteroatoms. The number of nitrogens with zero attached hydrogens (tertiary/aromatic N) is 6. The molecule has 0 saturated heterocycles. The average molecular weight is 400 g/mol. The van der Waals surface area contributed by atoms with Crippen molar-refractivity contribution in [1.82, 2.24) is 24.9 Å². The molecule has 8 nitrogen and oxygen atoms in total. The number of fused-ring (bicyclic) bond motifs is 1. The Morgan fingerprint density at radius 3 is 2.62 bits per heavy atom. The minimum atomic E-state index is -4.76. The molecule has 0 bridgehead atoms. The number of halogens is 3. The number of aromatic nitrogens is 5. The van der Waals surface area contributed by atoms with Crippen molar-refractivity contribution in [2.75, 3.05) is 0 Å². The van der Waals surface area contributed by atoms with E-state index in [0.717, 1.165) is 17.7 Å². The summed E-state index contributed by atoms with van der Waals surface area (Å²) in [5.41, 5.74) is 10.2. The number of alkyl halides is 3. The molecule has 3 aromatic heterocycles. The Bertz CT molecular complexity index is 1160. The first-order valence-corrected chi connectivity index (χ1v) is 8.48. The Labute approximate surface area is 162 Å². The van der Waals surface area contributed by atoms with Gasteiger partial charge in [-0.3, -0.25) is 4.98 Å². The lowest BCUT2D eigenvalue weighted by molar-refractivity contribution is -0.181. The summed E-state index contributed by atoms with van der Waals surface area (Å²) < 4.78 is 42.8. The highest BCUT2D eigenvalue weighted by Gasteiger charge is 2.60. The van der Waals surface area contributed by atoms with Gasteiger partial charge in [0.15, 0.2) is 5.65 Å². The van der Waals surface area contributed by atoms with Crippen LogP contribution in [0.15, 0.2) is 48.1 Å². The van der Waals surface area contributed by atoms with Gasteiger partial charge in [-0.15, -0.1) is 0 Å². The van der Waals surface area contributed by atoms with Crippen LogP contribution in [-0.2, 0) is 5.41 Å². The van der Waals surface area contributed by atoms with E-state index in [1.54, 1.807) is 13.1 Å². The van der Waals surface area contributed by atoms with Crippen molar-refractivity contribution in [2.45, 2.75) is 24.7 Å². The molecule has 2 unspecified atom stereocenters. The summed E-state index contributed by atoms with van der Waals surface area (Å²) >= 11 is 0. The molecule has 0 spiro atoms. The van der Waals surface area contributed by atoms with Crippen LogP contribution in [0.1, 0.15) is 11.1 Å². The fourth-order valence-corrected chi connectivity index (χ4v) is 3.32. The SMILES string of the molecule is Cc1cncnc1-c1cnc2c(C3(C(F)(F)F)C=CC(N)=NC3N)ccnc2n1. The van der Waals surface area contributed by atoms with Gasteiger partial charge >= 0.3 is 6.18 Å². The van der Waals surface area contributed by atoms with E-state index in [4.69, 9.17) is 11.5 Å². The van der Waals surface area contributed by atoms with Gasteiger partial charge in [-0.25, -0.2) is 24.9 Å². The molecule has 0 amide bonds. The number of rotatable bonds is 2. The van der Waals surface area contributed by atoms with E-state index in [2.05, 4.69) is 29.9 Å². The number of nitrogens with two attached hydrogens (primary N) is 2. The Morgan fingerprint density at radius 2 is 1.93 bits per heavy atom. The third-order valence-corrected chi connectivity index (χ3v) is 4.77. The molecule has 29 heavy (non-hydrogen) atoms. The van der Waals surface area contributed by atoms with Crippen molar-refractivity contribution in [3.63, 3.8) is 0 Å². The largest absolute Gasteiger partial charge is 0.405 e. The molecule has 3 aromatic rings. The summed E-state index contributed by atoms with van der Waals surface area (Å²) in [5.74, 6) is -0.0802. The van der Waals surface area contributed by atoms with Gasteiger partial charge < -0.3 is 11.5 Å². The number of hydrogen-bond donors (Lipinski definition) is 2. The second-order valence-corrected chi connectivity index (χ2v) is 6.54. The molecule has 0 aromatic carbocycles. The van der Waals surface area contributed by atoms with E-state index in [1.807, 2.05) is 0 Å². The average Bonchev–Trinajstić information content (AvgIpc) is 2.67. The van der Waals surface area contributed by atoms with E-state index in [0.29, 0.717) is 11.4 Å². The maximum Gasteiger partial charge on any atom is 0.405 e. The van der Waals surface area contributed by atoms with Crippen LogP contribution in [0.2, 0.25) is 0 Å². The van der Waals surface area contributed by atoms with Gasteiger partial charge in [-0.2, -0.15) is 13.2 Å². The number of dihydropyridines is 1. The molecule has 0 radical (unpaired) electrons. The highest BCUT2D eigenvalue weighted by atomic mass is 19.4. The van der Waals surface area contributed by atoms with Gasteiger partial charge in [0, 0.05) is 18.0 Å². The van der Waals surface area contributed by atoms with Crippen molar-refractivity contribution < 1.29 is 13.2 Å². The third-order valence-electron chi connectivity index (χ3n) is 4.77. The molecular weight excluding hydrogens is 385 g/mol. The number of aryl methyl sites for hydroxylation is 1. The van der Waals surface area contributed by atoms with Gasteiger partial charge in [0.05, 0.1) is 11.9 Å². The molecule has 4 N–H and O–H groups in total. The van der Waals surface area contributed by atoms with Crippen LogP contribution in [-0.4, -0.2) is 43.1 Å². The van der Waals surface area contributed by atoms with Crippen LogP contribution in [0, 0.1) is 6.92 Å². The zero-order valence-corrected chi connectivity index (χ0v) is 15.1. The third kappa shape index (κ3) is 2.90. The van der Waals surface area contributed by atoms with Crippen LogP contribution in [0.3, 0.4) is 0 Å². The lowest BCUT2D eigenvalue weighted by atomic mass is 9.75. The monoisotopic (exact) mass is 400 g/mol. The van der Waals surface area contributed by atoms with Crippen LogP contribution in [0.25, 0.3) is 22.6 Å². The summed E-state index contributed by atoms with van der Waals surface area (Å²) in [5, 5.41) is 0. The van der Waals surface area contributed by atoms with E-state index < -0.39 is 17.8 Å². The minimum absolute atomic E-state index is 0.0314. The van der Waals surface area contributed by atoms with Gasteiger partial charge in [-0.05, 0) is 24.6 Å². The first kappa shape index (κ1) is 18.9. The molecule has 0 aliphatic carbocycles. The lowest BCUT2D eigenvalue weighted by Crippen LogP contribution is -2.55. The molecule has 1 aliphatic heterocycles. The van der Waals surface area contributed by atoms with E-state index >= 15 is 0 Å². The fourth-order valence-electron chi connectivity index (χ4n) is 3.32. The normalized spacial score (nSPS) is 22.0. The van der Waals surface area contributed by atoms with E-state index in [1.165, 1.54) is 24.8 Å². The Kier molecular flexibility index (Phi) is 4.26. The van der Waals surface area contributed by atoms with Crippen LogP contribution < -0.4 is 11.5 Å². The van der Waals surface area contributed by atoms with Crippen molar-refractivity contribution in [3.05, 3.63) is 54.3 Å². The van der Waals surface area contributed by atoms with Crippen LogP contribution >= 0.6 is 0 Å². The molecule has 4 heterocycles. The summed E-state index contributed by atoms with van der Waals surface area (Å²) in [6, 6.07) is 1.22. The standard InChI is InChI=1S/C18H15F3N8/c1-9-6-24-8-27-13(9)11-7-26-14-10(3-5-25-15(14)28-11)17(18(19,20)21)4-2-12(22)29-16(17)23/h2-8,16H,23H2,1H3,(H2,22,29). The molecule has 1 aliphatic rings. The quantitative estimate of drug-likeness (QED) is 0.671. The first-order valence-electron chi connectivity index (χ1n) is 8.48. The molecule has 0 fully saturated rings. The topological polar surface area (TPSA) is 129 Å². The predicted molar refractivity (Wildman–Crippen MR) is 99.6 cm³/mol. The number of amidine groups is 1. The maximum atomic E-state index is 14.3. The number of aliphatic imine (C=N–C) groups is 1. The van der Waals surface area contributed by atoms with E-state index in [9.17, 15) is 13.2 Å². The maximum absolute atomic E-state index is 14.3. The summed E-state index contributed by atoms with van der Waals surface area (Å²) in [4.78, 5) is 24.5.